The van der Waals surface area contributed by atoms with E-state index in [2.05, 4.69) is 15.4 Å². The second kappa shape index (κ2) is 6.55. The molecule has 110 valence electrons. The van der Waals surface area contributed by atoms with Crippen LogP contribution in [0.25, 0.3) is 0 Å². The van der Waals surface area contributed by atoms with Crippen molar-refractivity contribution in [3.8, 4) is 0 Å². The maximum absolute atomic E-state index is 11.8. The standard InChI is InChI=1S/C12H10Cl2N4O3/c13-7-5-8(14)11(15-6-7)16-10(19)2-4-18-3-1-9(17-18)12(20)21/h1,3,5-6H,2,4H2,(H,20,21)(H,15,16,19). The summed E-state index contributed by atoms with van der Waals surface area (Å²) >= 11 is 11.6. The highest BCUT2D eigenvalue weighted by Crippen LogP contribution is 2.22. The average molecular weight is 329 g/mol. The summed E-state index contributed by atoms with van der Waals surface area (Å²) in [7, 11) is 0. The van der Waals surface area contributed by atoms with Crippen LogP contribution in [0.2, 0.25) is 10.0 Å². The van der Waals surface area contributed by atoms with Gasteiger partial charge in [-0.3, -0.25) is 9.48 Å². The van der Waals surface area contributed by atoms with Gasteiger partial charge in [0, 0.05) is 25.4 Å². The highest BCUT2D eigenvalue weighted by molar-refractivity contribution is 6.36. The first-order chi connectivity index (χ1) is 9.95. The molecule has 2 heterocycles. The Bertz CT molecular complexity index is 687. The van der Waals surface area contributed by atoms with Crippen molar-refractivity contribution in [1.82, 2.24) is 14.8 Å². The van der Waals surface area contributed by atoms with Crippen molar-refractivity contribution in [3.05, 3.63) is 40.3 Å². The Balaban J connectivity index is 1.91. The highest BCUT2D eigenvalue weighted by atomic mass is 35.5. The van der Waals surface area contributed by atoms with E-state index >= 15 is 0 Å². The Morgan fingerprint density at radius 1 is 1.38 bits per heavy atom. The Morgan fingerprint density at radius 2 is 2.14 bits per heavy atom. The molecule has 7 nitrogen and oxygen atoms in total. The van der Waals surface area contributed by atoms with E-state index in [-0.39, 0.29) is 35.4 Å². The van der Waals surface area contributed by atoms with Crippen molar-refractivity contribution in [2.45, 2.75) is 13.0 Å². The smallest absolute Gasteiger partial charge is 0.356 e. The molecule has 0 saturated heterocycles. The van der Waals surface area contributed by atoms with Gasteiger partial charge in [0.1, 0.15) is 0 Å². The second-order valence-electron chi connectivity index (χ2n) is 4.05. The number of hydrogen-bond donors (Lipinski definition) is 2. The van der Waals surface area contributed by atoms with Crippen molar-refractivity contribution in [2.24, 2.45) is 0 Å². The lowest BCUT2D eigenvalue weighted by atomic mass is 10.4. The van der Waals surface area contributed by atoms with Gasteiger partial charge in [-0.05, 0) is 12.1 Å². The average Bonchev–Trinajstić information content (AvgIpc) is 2.89. The molecule has 0 unspecified atom stereocenters. The largest absolute Gasteiger partial charge is 0.476 e. The SMILES string of the molecule is O=C(CCn1ccc(C(=O)O)n1)Nc1ncc(Cl)cc1Cl. The first-order valence-electron chi connectivity index (χ1n) is 5.83. The maximum Gasteiger partial charge on any atom is 0.356 e. The van der Waals surface area contributed by atoms with Gasteiger partial charge in [0.25, 0.3) is 0 Å². The minimum absolute atomic E-state index is 0.0715. The van der Waals surface area contributed by atoms with E-state index in [1.54, 1.807) is 0 Å². The van der Waals surface area contributed by atoms with Crippen molar-refractivity contribution in [2.75, 3.05) is 5.32 Å². The zero-order chi connectivity index (χ0) is 15.4. The molecule has 0 aliphatic heterocycles. The number of carbonyl (C=O) groups excluding carboxylic acids is 1. The number of carbonyl (C=O) groups is 2. The minimum Gasteiger partial charge on any atom is -0.476 e. The number of hydrogen-bond acceptors (Lipinski definition) is 4. The fraction of sp³-hybridized carbons (Fsp3) is 0.167. The number of anilines is 1. The van der Waals surface area contributed by atoms with Crippen LogP contribution < -0.4 is 5.32 Å². The third kappa shape index (κ3) is 4.17. The molecular formula is C12H10Cl2N4O3. The summed E-state index contributed by atoms with van der Waals surface area (Å²) in [6.07, 6.45) is 2.96. The fourth-order valence-corrected chi connectivity index (χ4v) is 1.94. The normalized spacial score (nSPS) is 10.4. The molecule has 21 heavy (non-hydrogen) atoms. The third-order valence-electron chi connectivity index (χ3n) is 2.49. The fourth-order valence-electron chi connectivity index (χ4n) is 1.52. The van der Waals surface area contributed by atoms with Gasteiger partial charge in [0.2, 0.25) is 5.91 Å². The van der Waals surface area contributed by atoms with Crippen LogP contribution in [0.5, 0.6) is 0 Å². The van der Waals surface area contributed by atoms with Gasteiger partial charge >= 0.3 is 5.97 Å². The Kier molecular flexibility index (Phi) is 4.77. The summed E-state index contributed by atoms with van der Waals surface area (Å²) in [6.45, 7) is 0.240. The van der Waals surface area contributed by atoms with Crippen LogP contribution in [0.15, 0.2) is 24.5 Å². The van der Waals surface area contributed by atoms with Gasteiger partial charge in [-0.15, -0.1) is 0 Å². The molecule has 2 aromatic heterocycles. The molecule has 0 atom stereocenters. The van der Waals surface area contributed by atoms with Crippen molar-refractivity contribution >= 4 is 40.9 Å². The molecule has 0 aliphatic carbocycles. The molecule has 0 saturated carbocycles. The maximum atomic E-state index is 11.8. The molecule has 1 amide bonds. The number of aryl methyl sites for hydroxylation is 1. The molecule has 2 N–H and O–H groups in total. The molecule has 2 aromatic rings. The quantitative estimate of drug-likeness (QED) is 0.877. The second-order valence-corrected chi connectivity index (χ2v) is 4.89. The monoisotopic (exact) mass is 328 g/mol. The molecule has 2 rings (SSSR count). The molecule has 0 aliphatic rings. The molecule has 0 spiro atoms. The van der Waals surface area contributed by atoms with Crippen LogP contribution >= 0.6 is 23.2 Å². The Hall–Kier alpha value is -2.12. The van der Waals surface area contributed by atoms with E-state index in [9.17, 15) is 9.59 Å². The number of amides is 1. The number of aromatic carboxylic acids is 1. The summed E-state index contributed by atoms with van der Waals surface area (Å²) in [5, 5.41) is 15.7. The van der Waals surface area contributed by atoms with Crippen LogP contribution in [0, 0.1) is 0 Å². The van der Waals surface area contributed by atoms with Gasteiger partial charge in [-0.2, -0.15) is 5.10 Å². The summed E-state index contributed by atoms with van der Waals surface area (Å²) in [4.78, 5) is 26.3. The zero-order valence-electron chi connectivity index (χ0n) is 10.6. The molecule has 0 bridgehead atoms. The molecular weight excluding hydrogens is 319 g/mol. The summed E-state index contributed by atoms with van der Waals surface area (Å²) in [6, 6.07) is 2.83. The number of carboxylic acids is 1. The van der Waals surface area contributed by atoms with E-state index in [4.69, 9.17) is 28.3 Å². The zero-order valence-corrected chi connectivity index (χ0v) is 12.1. The van der Waals surface area contributed by atoms with Gasteiger partial charge in [-0.1, -0.05) is 23.2 Å². The van der Waals surface area contributed by atoms with Gasteiger partial charge in [0.05, 0.1) is 10.0 Å². The number of carboxylic acid groups (broad SMARTS) is 1. The van der Waals surface area contributed by atoms with Crippen LogP contribution in [0.1, 0.15) is 16.9 Å². The van der Waals surface area contributed by atoms with Crippen molar-refractivity contribution in [1.29, 1.82) is 0 Å². The minimum atomic E-state index is -1.12. The Labute approximate surface area is 129 Å². The molecule has 0 radical (unpaired) electrons. The predicted octanol–water partition coefficient (Wildman–Crippen LogP) is 2.31. The van der Waals surface area contributed by atoms with Crippen LogP contribution in [0.4, 0.5) is 5.82 Å². The summed E-state index contributed by atoms with van der Waals surface area (Å²) < 4.78 is 1.37. The van der Waals surface area contributed by atoms with Crippen LogP contribution in [0.3, 0.4) is 0 Å². The number of nitrogens with one attached hydrogen (secondary N) is 1. The number of rotatable bonds is 5. The summed E-state index contributed by atoms with van der Waals surface area (Å²) in [5.74, 6) is -1.22. The van der Waals surface area contributed by atoms with E-state index in [1.807, 2.05) is 0 Å². The lowest BCUT2D eigenvalue weighted by Gasteiger charge is -2.06. The predicted molar refractivity (Wildman–Crippen MR) is 76.7 cm³/mol. The van der Waals surface area contributed by atoms with Gasteiger partial charge in [0.15, 0.2) is 11.5 Å². The van der Waals surface area contributed by atoms with Gasteiger partial charge < -0.3 is 10.4 Å². The number of aromatic nitrogens is 3. The van der Waals surface area contributed by atoms with Crippen LogP contribution in [-0.4, -0.2) is 31.7 Å². The topological polar surface area (TPSA) is 97.1 Å². The molecule has 0 aromatic carbocycles. The summed E-state index contributed by atoms with van der Waals surface area (Å²) in [5.41, 5.74) is -0.0715. The number of pyridine rings is 1. The lowest BCUT2D eigenvalue weighted by Crippen LogP contribution is -2.16. The molecule has 9 heteroatoms. The van der Waals surface area contributed by atoms with Crippen molar-refractivity contribution in [3.63, 3.8) is 0 Å². The first kappa shape index (κ1) is 15.3. The highest BCUT2D eigenvalue weighted by Gasteiger charge is 2.10. The van der Waals surface area contributed by atoms with Crippen LogP contribution in [-0.2, 0) is 11.3 Å². The van der Waals surface area contributed by atoms with E-state index in [1.165, 1.54) is 29.2 Å². The first-order valence-corrected chi connectivity index (χ1v) is 6.59. The Morgan fingerprint density at radius 3 is 2.76 bits per heavy atom. The van der Waals surface area contributed by atoms with Crippen molar-refractivity contribution < 1.29 is 14.7 Å². The lowest BCUT2D eigenvalue weighted by molar-refractivity contribution is -0.116. The van der Waals surface area contributed by atoms with Gasteiger partial charge in [-0.25, -0.2) is 9.78 Å². The molecule has 0 fully saturated rings. The van der Waals surface area contributed by atoms with E-state index in [0.717, 1.165) is 0 Å². The number of halogens is 2. The number of nitrogens with zero attached hydrogens (tertiary/aromatic N) is 3. The van der Waals surface area contributed by atoms with E-state index in [0.29, 0.717) is 5.02 Å². The van der Waals surface area contributed by atoms with E-state index < -0.39 is 5.97 Å². The third-order valence-corrected chi connectivity index (χ3v) is 2.99.